The number of carbonyl (C=O) groups is 2. The minimum atomic E-state index is -0.635. The molecule has 2 rings (SSSR count). The first-order chi connectivity index (χ1) is 14.4. The summed E-state index contributed by atoms with van der Waals surface area (Å²) >= 11 is 0. The highest BCUT2D eigenvalue weighted by atomic mass is 16.7. The van der Waals surface area contributed by atoms with Gasteiger partial charge in [0.2, 0.25) is 0 Å². The summed E-state index contributed by atoms with van der Waals surface area (Å²) in [5, 5.41) is 13.4. The van der Waals surface area contributed by atoms with Crippen LogP contribution in [0.15, 0.2) is 42.1 Å². The maximum absolute atomic E-state index is 11.3. The SMILES string of the molecule is C=CC[C@@H]1C=C[C@H](O/N=C/C[C@@H]2C=C[C@H](OC(C)=O)[C@@H](COC(C)=O)O2)[C@@H](CO)O1. The number of nitrogens with zero attached hydrogens (tertiary/aromatic N) is 1. The lowest BCUT2D eigenvalue weighted by molar-refractivity contribution is -0.163. The van der Waals surface area contributed by atoms with Crippen molar-refractivity contribution in [3.63, 3.8) is 0 Å². The summed E-state index contributed by atoms with van der Waals surface area (Å²) in [5.74, 6) is -0.899. The molecule has 0 unspecified atom stereocenters. The number of oxime groups is 1. The molecule has 1 N–H and O–H groups in total. The molecule has 30 heavy (non-hydrogen) atoms. The summed E-state index contributed by atoms with van der Waals surface area (Å²) < 4.78 is 21.7. The van der Waals surface area contributed by atoms with Crippen molar-refractivity contribution < 1.29 is 38.5 Å². The smallest absolute Gasteiger partial charge is 0.303 e. The molecule has 6 atom stereocenters. The van der Waals surface area contributed by atoms with Crippen molar-refractivity contribution in [1.29, 1.82) is 0 Å². The molecule has 0 radical (unpaired) electrons. The number of rotatable bonds is 10. The summed E-state index contributed by atoms with van der Waals surface area (Å²) in [6.45, 7) is 6.05. The van der Waals surface area contributed by atoms with Gasteiger partial charge in [-0.1, -0.05) is 23.4 Å². The van der Waals surface area contributed by atoms with Crippen LogP contribution in [0.4, 0.5) is 0 Å². The third kappa shape index (κ3) is 7.74. The van der Waals surface area contributed by atoms with Crippen molar-refractivity contribution in [2.45, 2.75) is 63.3 Å². The summed E-state index contributed by atoms with van der Waals surface area (Å²) in [4.78, 5) is 27.8. The van der Waals surface area contributed by atoms with E-state index in [0.717, 1.165) is 0 Å². The van der Waals surface area contributed by atoms with Gasteiger partial charge in [0, 0.05) is 26.5 Å². The fourth-order valence-electron chi connectivity index (χ4n) is 2.99. The molecule has 0 fully saturated rings. The average Bonchev–Trinajstić information content (AvgIpc) is 2.71. The standard InChI is InChI=1S/C21H29NO8/c1-4-5-16-7-9-19(20(12-23)28-16)30-22-11-10-17-6-8-18(27-15(3)25)21(29-17)13-26-14(2)24/h4,6-9,11,16-21,23H,1,5,10,12-13H2,2-3H3/b22-11+/t16-,17+,18+,19+,20-,21-/m1/s1. The van der Waals surface area contributed by atoms with E-state index in [-0.39, 0.29) is 25.4 Å². The van der Waals surface area contributed by atoms with Crippen molar-refractivity contribution in [2.75, 3.05) is 13.2 Å². The molecule has 0 amide bonds. The first-order valence-corrected chi connectivity index (χ1v) is 9.80. The van der Waals surface area contributed by atoms with Crippen molar-refractivity contribution >= 4 is 18.2 Å². The third-order valence-corrected chi connectivity index (χ3v) is 4.39. The molecule has 0 saturated heterocycles. The summed E-state index contributed by atoms with van der Waals surface area (Å²) in [6.07, 6.45) is 8.71. The zero-order chi connectivity index (χ0) is 21.9. The van der Waals surface area contributed by atoms with E-state index in [9.17, 15) is 14.7 Å². The fraction of sp³-hybridized carbons (Fsp3) is 0.571. The molecule has 2 aliphatic heterocycles. The summed E-state index contributed by atoms with van der Waals surface area (Å²) in [6, 6.07) is 0. The second kappa shape index (κ2) is 12.3. The summed E-state index contributed by atoms with van der Waals surface area (Å²) in [7, 11) is 0. The molecule has 9 nitrogen and oxygen atoms in total. The molecule has 0 aromatic rings. The molecule has 9 heteroatoms. The van der Waals surface area contributed by atoms with E-state index in [1.54, 1.807) is 24.4 Å². The number of ether oxygens (including phenoxy) is 4. The molecule has 0 bridgehead atoms. The normalized spacial score (nSPS) is 30.8. The van der Waals surface area contributed by atoms with Gasteiger partial charge in [-0.05, 0) is 18.6 Å². The second-order valence-corrected chi connectivity index (χ2v) is 6.87. The Hall–Kier alpha value is -2.49. The number of hydrogen-bond acceptors (Lipinski definition) is 9. The Bertz CT molecular complexity index is 674. The van der Waals surface area contributed by atoms with Gasteiger partial charge in [0.25, 0.3) is 0 Å². The highest BCUT2D eigenvalue weighted by molar-refractivity contribution is 5.67. The highest BCUT2D eigenvalue weighted by Gasteiger charge is 2.31. The van der Waals surface area contributed by atoms with Gasteiger partial charge in [-0.2, -0.15) is 0 Å². The molecule has 2 heterocycles. The minimum absolute atomic E-state index is 0.0317. The van der Waals surface area contributed by atoms with Crippen molar-refractivity contribution in [3.05, 3.63) is 37.0 Å². The largest absolute Gasteiger partial charge is 0.463 e. The Kier molecular flexibility index (Phi) is 9.72. The number of aliphatic hydroxyl groups excluding tert-OH is 1. The van der Waals surface area contributed by atoms with Crippen LogP contribution in [-0.2, 0) is 33.4 Å². The number of carbonyl (C=O) groups excluding carboxylic acids is 2. The molecule has 0 aliphatic carbocycles. The topological polar surface area (TPSA) is 113 Å². The van der Waals surface area contributed by atoms with E-state index >= 15 is 0 Å². The Labute approximate surface area is 175 Å². The quantitative estimate of drug-likeness (QED) is 0.243. The zero-order valence-corrected chi connectivity index (χ0v) is 17.2. The van der Waals surface area contributed by atoms with Crippen molar-refractivity contribution in [2.24, 2.45) is 5.16 Å². The number of hydrogen-bond donors (Lipinski definition) is 1. The lowest BCUT2D eigenvalue weighted by Crippen LogP contribution is -2.41. The summed E-state index contributed by atoms with van der Waals surface area (Å²) in [5.41, 5.74) is 0. The predicted octanol–water partition coefficient (Wildman–Crippen LogP) is 1.46. The monoisotopic (exact) mass is 423 g/mol. The zero-order valence-electron chi connectivity index (χ0n) is 17.2. The molecule has 0 spiro atoms. The van der Waals surface area contributed by atoms with Crippen LogP contribution in [-0.4, -0.2) is 73.1 Å². The van der Waals surface area contributed by atoms with Gasteiger partial charge in [-0.25, -0.2) is 0 Å². The predicted molar refractivity (Wildman–Crippen MR) is 108 cm³/mol. The van der Waals surface area contributed by atoms with Crippen molar-refractivity contribution in [1.82, 2.24) is 0 Å². The van der Waals surface area contributed by atoms with Crippen LogP contribution in [0.25, 0.3) is 0 Å². The van der Waals surface area contributed by atoms with Crippen LogP contribution >= 0.6 is 0 Å². The fourth-order valence-corrected chi connectivity index (χ4v) is 2.99. The third-order valence-electron chi connectivity index (χ3n) is 4.39. The highest BCUT2D eigenvalue weighted by Crippen LogP contribution is 2.20. The molecular weight excluding hydrogens is 394 g/mol. The minimum Gasteiger partial charge on any atom is -0.463 e. The Balaban J connectivity index is 1.87. The molecule has 2 aliphatic rings. The van der Waals surface area contributed by atoms with Crippen LogP contribution < -0.4 is 0 Å². The van der Waals surface area contributed by atoms with E-state index in [0.29, 0.717) is 12.8 Å². The Morgan fingerprint density at radius 3 is 2.33 bits per heavy atom. The molecule has 0 aromatic heterocycles. The number of aliphatic hydroxyl groups is 1. The van der Waals surface area contributed by atoms with Crippen LogP contribution in [0.1, 0.15) is 26.7 Å². The van der Waals surface area contributed by atoms with E-state index in [2.05, 4.69) is 11.7 Å². The maximum Gasteiger partial charge on any atom is 0.303 e. The van der Waals surface area contributed by atoms with Gasteiger partial charge in [0.15, 0.2) is 6.10 Å². The first kappa shape index (κ1) is 23.8. The van der Waals surface area contributed by atoms with E-state index < -0.39 is 36.4 Å². The Morgan fingerprint density at radius 2 is 1.70 bits per heavy atom. The lowest BCUT2D eigenvalue weighted by atomic mass is 10.1. The van der Waals surface area contributed by atoms with Gasteiger partial charge >= 0.3 is 11.9 Å². The number of esters is 2. The van der Waals surface area contributed by atoms with Crippen LogP contribution in [0.2, 0.25) is 0 Å². The van der Waals surface area contributed by atoms with Crippen molar-refractivity contribution in [3.8, 4) is 0 Å². The average molecular weight is 423 g/mol. The van der Waals surface area contributed by atoms with Gasteiger partial charge in [-0.3, -0.25) is 9.59 Å². The first-order valence-electron chi connectivity index (χ1n) is 9.80. The van der Waals surface area contributed by atoms with E-state index in [1.807, 2.05) is 12.2 Å². The van der Waals surface area contributed by atoms with E-state index in [1.165, 1.54) is 13.8 Å². The van der Waals surface area contributed by atoms with Gasteiger partial charge in [0.05, 0.1) is 18.8 Å². The van der Waals surface area contributed by atoms with Gasteiger partial charge in [-0.15, -0.1) is 6.58 Å². The van der Waals surface area contributed by atoms with Gasteiger partial charge < -0.3 is 28.9 Å². The van der Waals surface area contributed by atoms with Crippen LogP contribution in [0, 0.1) is 0 Å². The maximum atomic E-state index is 11.3. The van der Waals surface area contributed by atoms with Crippen LogP contribution in [0.5, 0.6) is 0 Å². The van der Waals surface area contributed by atoms with E-state index in [4.69, 9.17) is 23.8 Å². The Morgan fingerprint density at radius 1 is 1.03 bits per heavy atom. The molecule has 166 valence electrons. The lowest BCUT2D eigenvalue weighted by Gasteiger charge is -2.31. The molecule has 0 aromatic carbocycles. The molecule has 0 saturated carbocycles. The second-order valence-electron chi connectivity index (χ2n) is 6.87. The van der Waals surface area contributed by atoms with Gasteiger partial charge in [0.1, 0.15) is 24.9 Å². The molecular formula is C21H29NO8. The van der Waals surface area contributed by atoms with Crippen LogP contribution in [0.3, 0.4) is 0 Å².